The van der Waals surface area contributed by atoms with Crippen LogP contribution in [0.1, 0.15) is 25.8 Å². The summed E-state index contributed by atoms with van der Waals surface area (Å²) in [6.07, 6.45) is 1.11. The van der Waals surface area contributed by atoms with Crippen LogP contribution in [-0.2, 0) is 5.33 Å². The van der Waals surface area contributed by atoms with Gasteiger partial charge in [0.05, 0.1) is 13.2 Å². The number of alkyl halides is 1. The molecule has 0 aromatic heterocycles. The number of methoxy groups -OCH3 is 1. The molecule has 0 aliphatic rings. The van der Waals surface area contributed by atoms with Crippen molar-refractivity contribution in [1.82, 2.24) is 0 Å². The molecule has 4 heteroatoms. The third-order valence-electron chi connectivity index (χ3n) is 2.35. The molecule has 0 aliphatic carbocycles. The van der Waals surface area contributed by atoms with Gasteiger partial charge in [-0.05, 0) is 19.4 Å². The van der Waals surface area contributed by atoms with Crippen LogP contribution in [0.25, 0.3) is 0 Å². The Balaban J connectivity index is 3.11. The van der Waals surface area contributed by atoms with Gasteiger partial charge in [0.1, 0.15) is 0 Å². The van der Waals surface area contributed by atoms with Gasteiger partial charge in [0.15, 0.2) is 11.5 Å². The first kappa shape index (κ1) is 13.7. The second kappa shape index (κ2) is 6.36. The topological polar surface area (TPSA) is 18.5 Å². The first-order valence-corrected chi connectivity index (χ1v) is 6.71. The molecule has 1 aromatic rings. The maximum atomic E-state index is 5.99. The predicted molar refractivity (Wildman–Crippen MR) is 71.0 cm³/mol. The first-order chi connectivity index (χ1) is 7.62. The molecule has 16 heavy (non-hydrogen) atoms. The summed E-state index contributed by atoms with van der Waals surface area (Å²) < 4.78 is 11.1. The minimum Gasteiger partial charge on any atom is -0.493 e. The molecule has 0 N–H and O–H groups in total. The highest BCUT2D eigenvalue weighted by Gasteiger charge is 2.14. The van der Waals surface area contributed by atoms with E-state index in [-0.39, 0.29) is 6.10 Å². The lowest BCUT2D eigenvalue weighted by Gasteiger charge is -2.18. The zero-order valence-corrected chi connectivity index (χ0v) is 12.1. The fourth-order valence-electron chi connectivity index (χ4n) is 1.29. The quantitative estimate of drug-likeness (QED) is 0.750. The highest BCUT2D eigenvalue weighted by molar-refractivity contribution is 9.08. The molecule has 0 aliphatic heterocycles. The zero-order valence-electron chi connectivity index (χ0n) is 9.72. The maximum absolute atomic E-state index is 5.99. The van der Waals surface area contributed by atoms with Gasteiger partial charge in [0.25, 0.3) is 0 Å². The van der Waals surface area contributed by atoms with Crippen LogP contribution in [0, 0.1) is 0 Å². The fourth-order valence-corrected chi connectivity index (χ4v) is 1.94. The van der Waals surface area contributed by atoms with Crippen molar-refractivity contribution in [3.8, 4) is 11.5 Å². The largest absolute Gasteiger partial charge is 0.493 e. The molecule has 90 valence electrons. The standard InChI is InChI=1S/C12H16BrClO2/c1-4-8(2)16-12-9(7-13)5-10(14)6-11(12)15-3/h5-6,8H,4,7H2,1-3H3. The molecule has 0 saturated heterocycles. The van der Waals surface area contributed by atoms with Crippen molar-refractivity contribution in [3.63, 3.8) is 0 Å². The van der Waals surface area contributed by atoms with E-state index in [0.29, 0.717) is 16.1 Å². The molecule has 1 unspecified atom stereocenters. The van der Waals surface area contributed by atoms with Gasteiger partial charge in [-0.1, -0.05) is 34.5 Å². The summed E-state index contributed by atoms with van der Waals surface area (Å²) in [6.45, 7) is 4.12. The Labute approximate surface area is 110 Å². The van der Waals surface area contributed by atoms with Crippen molar-refractivity contribution in [3.05, 3.63) is 22.7 Å². The smallest absolute Gasteiger partial charge is 0.165 e. The van der Waals surface area contributed by atoms with E-state index in [1.807, 2.05) is 13.0 Å². The fraction of sp³-hybridized carbons (Fsp3) is 0.500. The molecule has 2 nitrogen and oxygen atoms in total. The third-order valence-corrected chi connectivity index (χ3v) is 3.18. The minimum atomic E-state index is 0.160. The van der Waals surface area contributed by atoms with E-state index in [2.05, 4.69) is 22.9 Å². The van der Waals surface area contributed by atoms with Gasteiger partial charge in [-0.2, -0.15) is 0 Å². The summed E-state index contributed by atoms with van der Waals surface area (Å²) in [5.41, 5.74) is 1.00. The molecule has 0 spiro atoms. The molecular weight excluding hydrogens is 291 g/mol. The Kier molecular flexibility index (Phi) is 5.42. The van der Waals surface area contributed by atoms with Gasteiger partial charge >= 0.3 is 0 Å². The molecule has 1 atom stereocenters. The monoisotopic (exact) mass is 306 g/mol. The zero-order chi connectivity index (χ0) is 12.1. The molecule has 0 fully saturated rings. The second-order valence-corrected chi connectivity index (χ2v) is 4.56. The Morgan fingerprint density at radius 1 is 1.44 bits per heavy atom. The van der Waals surface area contributed by atoms with Crippen LogP contribution in [0.2, 0.25) is 5.02 Å². The summed E-state index contributed by atoms with van der Waals surface area (Å²) in [5.74, 6) is 1.46. The van der Waals surface area contributed by atoms with Gasteiger partial charge < -0.3 is 9.47 Å². The number of hydrogen-bond donors (Lipinski definition) is 0. The number of rotatable bonds is 5. The Hall–Kier alpha value is -0.410. The van der Waals surface area contributed by atoms with Gasteiger partial charge in [0, 0.05) is 22.0 Å². The van der Waals surface area contributed by atoms with Crippen molar-refractivity contribution in [2.75, 3.05) is 7.11 Å². The van der Waals surface area contributed by atoms with E-state index in [0.717, 1.165) is 17.7 Å². The minimum absolute atomic E-state index is 0.160. The van der Waals surface area contributed by atoms with Crippen LogP contribution in [0.15, 0.2) is 12.1 Å². The van der Waals surface area contributed by atoms with E-state index in [4.69, 9.17) is 21.1 Å². The normalized spacial score (nSPS) is 12.3. The van der Waals surface area contributed by atoms with Crippen LogP contribution in [0.4, 0.5) is 0 Å². The van der Waals surface area contributed by atoms with E-state index in [1.54, 1.807) is 13.2 Å². The molecule has 0 heterocycles. The lowest BCUT2D eigenvalue weighted by atomic mass is 10.2. The van der Waals surface area contributed by atoms with Crippen molar-refractivity contribution in [2.45, 2.75) is 31.7 Å². The van der Waals surface area contributed by atoms with Crippen molar-refractivity contribution in [1.29, 1.82) is 0 Å². The van der Waals surface area contributed by atoms with Crippen molar-refractivity contribution >= 4 is 27.5 Å². The lowest BCUT2D eigenvalue weighted by molar-refractivity contribution is 0.206. The van der Waals surface area contributed by atoms with Gasteiger partial charge in [0.2, 0.25) is 0 Å². The van der Waals surface area contributed by atoms with Gasteiger partial charge in [-0.25, -0.2) is 0 Å². The Morgan fingerprint density at radius 3 is 2.62 bits per heavy atom. The summed E-state index contributed by atoms with van der Waals surface area (Å²) in [6, 6.07) is 3.65. The van der Waals surface area contributed by atoms with E-state index < -0.39 is 0 Å². The maximum Gasteiger partial charge on any atom is 0.165 e. The SMILES string of the molecule is CCC(C)Oc1c(CBr)cc(Cl)cc1OC. The van der Waals surface area contributed by atoms with Crippen LogP contribution in [-0.4, -0.2) is 13.2 Å². The van der Waals surface area contributed by atoms with E-state index in [9.17, 15) is 0 Å². The van der Waals surface area contributed by atoms with Gasteiger partial charge in [-0.3, -0.25) is 0 Å². The number of ether oxygens (including phenoxy) is 2. The second-order valence-electron chi connectivity index (χ2n) is 3.57. The highest BCUT2D eigenvalue weighted by atomic mass is 79.9. The molecule has 0 saturated carbocycles. The van der Waals surface area contributed by atoms with Crippen molar-refractivity contribution < 1.29 is 9.47 Å². The average molecular weight is 308 g/mol. The molecule has 0 radical (unpaired) electrons. The molecular formula is C12H16BrClO2. The van der Waals surface area contributed by atoms with Crippen LogP contribution < -0.4 is 9.47 Å². The molecule has 1 rings (SSSR count). The molecule has 1 aromatic carbocycles. The van der Waals surface area contributed by atoms with E-state index in [1.165, 1.54) is 0 Å². The van der Waals surface area contributed by atoms with Gasteiger partial charge in [-0.15, -0.1) is 0 Å². The number of hydrogen-bond acceptors (Lipinski definition) is 2. The average Bonchev–Trinajstić information content (AvgIpc) is 2.30. The summed E-state index contributed by atoms with van der Waals surface area (Å²) in [5, 5.41) is 1.35. The molecule has 0 bridgehead atoms. The first-order valence-electron chi connectivity index (χ1n) is 5.21. The Bertz CT molecular complexity index is 330. The van der Waals surface area contributed by atoms with Crippen LogP contribution >= 0.6 is 27.5 Å². The molecule has 0 amide bonds. The Morgan fingerprint density at radius 2 is 2.12 bits per heavy atom. The number of halogens is 2. The number of benzene rings is 1. The van der Waals surface area contributed by atoms with Crippen molar-refractivity contribution in [2.24, 2.45) is 0 Å². The third kappa shape index (κ3) is 3.29. The van der Waals surface area contributed by atoms with Crippen LogP contribution in [0.5, 0.6) is 11.5 Å². The highest BCUT2D eigenvalue weighted by Crippen LogP contribution is 2.36. The predicted octanol–water partition coefficient (Wildman–Crippen LogP) is 4.42. The lowest BCUT2D eigenvalue weighted by Crippen LogP contribution is -2.11. The summed E-state index contributed by atoms with van der Waals surface area (Å²) in [7, 11) is 1.62. The summed E-state index contributed by atoms with van der Waals surface area (Å²) >= 11 is 9.42. The van der Waals surface area contributed by atoms with Crippen LogP contribution in [0.3, 0.4) is 0 Å². The summed E-state index contributed by atoms with van der Waals surface area (Å²) in [4.78, 5) is 0. The van der Waals surface area contributed by atoms with E-state index >= 15 is 0 Å².